The van der Waals surface area contributed by atoms with Gasteiger partial charge in [0, 0.05) is 5.39 Å². The predicted molar refractivity (Wildman–Crippen MR) is 95.4 cm³/mol. The Balaban J connectivity index is 1.89. The lowest BCUT2D eigenvalue weighted by atomic mass is 9.71. The van der Waals surface area contributed by atoms with Crippen molar-refractivity contribution in [1.82, 2.24) is 4.98 Å². The molecule has 1 amide bonds. The van der Waals surface area contributed by atoms with Gasteiger partial charge in [0.15, 0.2) is 0 Å². The summed E-state index contributed by atoms with van der Waals surface area (Å²) in [6, 6.07) is 10.0. The van der Waals surface area contributed by atoms with Crippen molar-refractivity contribution in [3.63, 3.8) is 0 Å². The molecular formula is C20H24N2O. The van der Waals surface area contributed by atoms with E-state index in [-0.39, 0.29) is 11.3 Å². The van der Waals surface area contributed by atoms with Gasteiger partial charge in [0.1, 0.15) is 0 Å². The zero-order chi connectivity index (χ0) is 16.3. The maximum Gasteiger partial charge on any atom is 0.230 e. The number of amides is 1. The molecule has 3 heteroatoms. The third-order valence-corrected chi connectivity index (χ3v) is 4.99. The van der Waals surface area contributed by atoms with Gasteiger partial charge >= 0.3 is 0 Å². The first-order valence-electron chi connectivity index (χ1n) is 8.43. The molecule has 0 aliphatic heterocycles. The Hall–Kier alpha value is -2.16. The number of benzene rings is 1. The van der Waals surface area contributed by atoms with Gasteiger partial charge in [-0.25, -0.2) is 0 Å². The van der Waals surface area contributed by atoms with Gasteiger partial charge in [-0.1, -0.05) is 43.5 Å². The maximum absolute atomic E-state index is 13.0. The number of hydrogen-bond acceptors (Lipinski definition) is 2. The number of anilines is 1. The van der Waals surface area contributed by atoms with Crippen molar-refractivity contribution in [3.05, 3.63) is 48.7 Å². The number of nitrogens with zero attached hydrogens (tertiary/aromatic N) is 1. The third kappa shape index (κ3) is 3.14. The second-order valence-corrected chi connectivity index (χ2v) is 6.60. The number of aryl methyl sites for hydroxylation is 1. The van der Waals surface area contributed by atoms with E-state index in [9.17, 15) is 4.79 Å². The smallest absolute Gasteiger partial charge is 0.230 e. The lowest BCUT2D eigenvalue weighted by Gasteiger charge is -2.35. The van der Waals surface area contributed by atoms with Gasteiger partial charge in [-0.3, -0.25) is 9.78 Å². The van der Waals surface area contributed by atoms with E-state index >= 15 is 0 Å². The second kappa shape index (κ2) is 6.53. The predicted octanol–water partition coefficient (Wildman–Crippen LogP) is 5.01. The summed E-state index contributed by atoms with van der Waals surface area (Å²) in [5.41, 5.74) is 2.35. The fraction of sp³-hybridized carbons (Fsp3) is 0.400. The van der Waals surface area contributed by atoms with Gasteiger partial charge in [0.2, 0.25) is 5.91 Å². The standard InChI is InChI=1S/C20H24N2O/c1-3-11-20(12-7-4-8-13-20)19(23)22-18-14-16-9-5-6-10-17(16)21-15(18)2/h3,5-6,9-10,14H,1,4,7-8,11-13H2,2H3,(H,22,23). The van der Waals surface area contributed by atoms with Crippen molar-refractivity contribution in [2.75, 3.05) is 5.32 Å². The number of aromatic nitrogens is 1. The third-order valence-electron chi connectivity index (χ3n) is 4.99. The highest BCUT2D eigenvalue weighted by Gasteiger charge is 2.38. The molecule has 1 fully saturated rings. The molecule has 0 saturated heterocycles. The van der Waals surface area contributed by atoms with Gasteiger partial charge in [0.25, 0.3) is 0 Å². The quantitative estimate of drug-likeness (QED) is 0.807. The molecule has 120 valence electrons. The van der Waals surface area contributed by atoms with Gasteiger partial charge in [-0.15, -0.1) is 6.58 Å². The van der Waals surface area contributed by atoms with E-state index < -0.39 is 0 Å². The number of rotatable bonds is 4. The van der Waals surface area contributed by atoms with Crippen molar-refractivity contribution < 1.29 is 4.79 Å². The van der Waals surface area contributed by atoms with Crippen LogP contribution in [-0.4, -0.2) is 10.9 Å². The van der Waals surface area contributed by atoms with Crippen molar-refractivity contribution in [2.45, 2.75) is 45.4 Å². The molecule has 1 aliphatic carbocycles. The summed E-state index contributed by atoms with van der Waals surface area (Å²) in [4.78, 5) is 17.6. The lowest BCUT2D eigenvalue weighted by Crippen LogP contribution is -2.37. The molecule has 23 heavy (non-hydrogen) atoms. The van der Waals surface area contributed by atoms with E-state index in [2.05, 4.69) is 16.9 Å². The van der Waals surface area contributed by atoms with Crippen LogP contribution in [0.2, 0.25) is 0 Å². The summed E-state index contributed by atoms with van der Waals surface area (Å²) in [6.45, 7) is 5.80. The van der Waals surface area contributed by atoms with Crippen LogP contribution < -0.4 is 5.32 Å². The average molecular weight is 308 g/mol. The molecule has 1 aliphatic rings. The molecule has 2 aromatic rings. The fourth-order valence-electron chi connectivity index (χ4n) is 3.62. The van der Waals surface area contributed by atoms with Gasteiger partial charge in [0.05, 0.1) is 22.3 Å². The van der Waals surface area contributed by atoms with Crippen LogP contribution in [0.5, 0.6) is 0 Å². The lowest BCUT2D eigenvalue weighted by molar-refractivity contribution is -0.127. The van der Waals surface area contributed by atoms with E-state index in [1.54, 1.807) is 0 Å². The normalized spacial score (nSPS) is 16.9. The summed E-state index contributed by atoms with van der Waals surface area (Å²) in [7, 11) is 0. The molecule has 1 aromatic heterocycles. The minimum atomic E-state index is -0.294. The van der Waals surface area contributed by atoms with Crippen LogP contribution in [0.1, 0.15) is 44.2 Å². The fourth-order valence-corrected chi connectivity index (χ4v) is 3.62. The van der Waals surface area contributed by atoms with Crippen molar-refractivity contribution in [2.24, 2.45) is 5.41 Å². The topological polar surface area (TPSA) is 42.0 Å². The first-order valence-corrected chi connectivity index (χ1v) is 8.43. The number of hydrogen-bond donors (Lipinski definition) is 1. The molecule has 1 N–H and O–H groups in total. The summed E-state index contributed by atoms with van der Waals surface area (Å²) < 4.78 is 0. The number of carbonyl (C=O) groups is 1. The number of para-hydroxylation sites is 1. The van der Waals surface area contributed by atoms with Crippen molar-refractivity contribution in [1.29, 1.82) is 0 Å². The minimum absolute atomic E-state index is 0.122. The molecule has 0 bridgehead atoms. The van der Waals surface area contributed by atoms with E-state index in [0.717, 1.165) is 54.4 Å². The van der Waals surface area contributed by atoms with Gasteiger partial charge in [-0.2, -0.15) is 0 Å². The van der Waals surface area contributed by atoms with Crippen LogP contribution in [0.25, 0.3) is 10.9 Å². The Labute approximate surface area is 137 Å². The molecule has 0 unspecified atom stereocenters. The summed E-state index contributed by atoms with van der Waals surface area (Å²) in [5.74, 6) is 0.122. The summed E-state index contributed by atoms with van der Waals surface area (Å²) in [5, 5.41) is 4.20. The minimum Gasteiger partial charge on any atom is -0.324 e. The Kier molecular flexibility index (Phi) is 4.46. The van der Waals surface area contributed by atoms with Crippen LogP contribution in [0.15, 0.2) is 43.0 Å². The largest absolute Gasteiger partial charge is 0.324 e. The molecule has 1 aromatic carbocycles. The average Bonchev–Trinajstić information content (AvgIpc) is 2.56. The van der Waals surface area contributed by atoms with Crippen LogP contribution in [0.3, 0.4) is 0 Å². The molecule has 1 saturated carbocycles. The summed E-state index contributed by atoms with van der Waals surface area (Å²) in [6.07, 6.45) is 8.00. The molecule has 1 heterocycles. The van der Waals surface area contributed by atoms with Crippen LogP contribution in [0.4, 0.5) is 5.69 Å². The van der Waals surface area contributed by atoms with Crippen molar-refractivity contribution >= 4 is 22.5 Å². The Morgan fingerprint density at radius 3 is 2.78 bits per heavy atom. The van der Waals surface area contributed by atoms with E-state index in [4.69, 9.17) is 0 Å². The monoisotopic (exact) mass is 308 g/mol. The molecule has 3 rings (SSSR count). The molecular weight excluding hydrogens is 284 g/mol. The first-order chi connectivity index (χ1) is 11.1. The Bertz CT molecular complexity index is 729. The first kappa shape index (κ1) is 15.7. The highest BCUT2D eigenvalue weighted by molar-refractivity contribution is 5.97. The van der Waals surface area contributed by atoms with Crippen molar-refractivity contribution in [3.8, 4) is 0 Å². The SMILES string of the molecule is C=CCC1(C(=O)Nc2cc3ccccc3nc2C)CCCCC1. The zero-order valence-electron chi connectivity index (χ0n) is 13.8. The van der Waals surface area contributed by atoms with Crippen LogP contribution >= 0.6 is 0 Å². The highest BCUT2D eigenvalue weighted by atomic mass is 16.2. The number of nitrogens with one attached hydrogen (secondary N) is 1. The van der Waals surface area contributed by atoms with Crippen LogP contribution in [-0.2, 0) is 4.79 Å². The number of carbonyl (C=O) groups excluding carboxylic acids is 1. The molecule has 0 atom stereocenters. The van der Waals surface area contributed by atoms with E-state index in [1.807, 2.05) is 43.3 Å². The molecule has 0 radical (unpaired) electrons. The van der Waals surface area contributed by atoms with Gasteiger partial charge < -0.3 is 5.32 Å². The highest BCUT2D eigenvalue weighted by Crippen LogP contribution is 2.40. The zero-order valence-corrected chi connectivity index (χ0v) is 13.8. The van der Waals surface area contributed by atoms with Crippen LogP contribution in [0, 0.1) is 12.3 Å². The molecule has 0 spiro atoms. The number of allylic oxidation sites excluding steroid dienone is 1. The van der Waals surface area contributed by atoms with E-state index in [0.29, 0.717) is 0 Å². The number of pyridine rings is 1. The Morgan fingerprint density at radius 1 is 1.30 bits per heavy atom. The summed E-state index contributed by atoms with van der Waals surface area (Å²) >= 11 is 0. The number of fused-ring (bicyclic) bond motifs is 1. The van der Waals surface area contributed by atoms with Gasteiger partial charge in [-0.05, 0) is 38.3 Å². The second-order valence-electron chi connectivity index (χ2n) is 6.60. The Morgan fingerprint density at radius 2 is 2.04 bits per heavy atom. The maximum atomic E-state index is 13.0. The van der Waals surface area contributed by atoms with E-state index in [1.165, 1.54) is 6.42 Å². The molecule has 3 nitrogen and oxygen atoms in total.